The van der Waals surface area contributed by atoms with Crippen molar-refractivity contribution in [2.24, 2.45) is 7.05 Å². The Balaban J connectivity index is 2.06. The minimum Gasteiger partial charge on any atom is -0.207 e. The molecule has 0 aliphatic carbocycles. The predicted octanol–water partition coefficient (Wildman–Crippen LogP) is 5.55. The van der Waals surface area contributed by atoms with Gasteiger partial charge in [-0.15, -0.1) is 0 Å². The lowest BCUT2D eigenvalue weighted by Gasteiger charge is -2.11. The molecule has 0 saturated heterocycles. The van der Waals surface area contributed by atoms with Crippen LogP contribution in [0, 0.1) is 26.6 Å². The first-order valence-corrected chi connectivity index (χ1v) is 8.55. The minimum atomic E-state index is -0.197. The van der Waals surface area contributed by atoms with E-state index >= 15 is 0 Å². The van der Waals surface area contributed by atoms with Crippen LogP contribution in [0.1, 0.15) is 16.7 Å². The van der Waals surface area contributed by atoms with Crippen molar-refractivity contribution in [3.05, 3.63) is 77.1 Å². The smallest absolute Gasteiger partial charge is 0.207 e. The molecule has 0 unspecified atom stereocenters. The molecule has 3 aromatic carbocycles. The lowest BCUT2D eigenvalue weighted by Crippen LogP contribution is -2.32. The molecule has 4 aromatic rings. The van der Waals surface area contributed by atoms with E-state index in [4.69, 9.17) is 0 Å². The summed E-state index contributed by atoms with van der Waals surface area (Å²) in [6, 6.07) is 17.9. The summed E-state index contributed by atoms with van der Waals surface area (Å²) in [5, 5.41) is 3.09. The van der Waals surface area contributed by atoms with E-state index in [0.717, 1.165) is 21.7 Å². The Labute approximate surface area is 147 Å². The van der Waals surface area contributed by atoms with E-state index in [2.05, 4.69) is 68.8 Å². The highest BCUT2D eigenvalue weighted by atomic mass is 19.1. The number of nitrogens with zero attached hydrogens (tertiary/aromatic N) is 1. The highest BCUT2D eigenvalue weighted by Gasteiger charge is 2.18. The van der Waals surface area contributed by atoms with Crippen molar-refractivity contribution in [3.8, 4) is 11.3 Å². The zero-order valence-electron chi connectivity index (χ0n) is 15.0. The minimum absolute atomic E-state index is 0.197. The second kappa shape index (κ2) is 5.66. The Morgan fingerprint density at radius 2 is 1.56 bits per heavy atom. The second-order valence-corrected chi connectivity index (χ2v) is 6.90. The Bertz CT molecular complexity index is 1140. The van der Waals surface area contributed by atoms with Gasteiger partial charge >= 0.3 is 0 Å². The van der Waals surface area contributed by atoms with Gasteiger partial charge in [0.05, 0.1) is 5.39 Å². The quantitative estimate of drug-likeness (QED) is 0.318. The van der Waals surface area contributed by atoms with Crippen molar-refractivity contribution in [3.63, 3.8) is 0 Å². The van der Waals surface area contributed by atoms with Crippen LogP contribution in [0.4, 0.5) is 4.39 Å². The van der Waals surface area contributed by atoms with E-state index in [-0.39, 0.29) is 5.82 Å². The monoisotopic (exact) mass is 330 g/mol. The molecule has 0 fully saturated rings. The number of rotatable bonds is 1. The van der Waals surface area contributed by atoms with Crippen LogP contribution in [0.5, 0.6) is 0 Å². The maximum Gasteiger partial charge on any atom is 0.213 e. The van der Waals surface area contributed by atoms with Crippen molar-refractivity contribution >= 4 is 21.7 Å². The number of pyridine rings is 1. The van der Waals surface area contributed by atoms with Gasteiger partial charge in [0.25, 0.3) is 0 Å². The standard InChI is InChI=1S/C23H21FN/c1-14-11-15(2)16(3)20(12-14)23-10-8-19-21-13-18(24)7-5-17(21)6-9-22(19)25(23)4/h5-13H,1-4H3/q+1. The van der Waals surface area contributed by atoms with Crippen LogP contribution in [-0.4, -0.2) is 0 Å². The van der Waals surface area contributed by atoms with E-state index < -0.39 is 0 Å². The average Bonchev–Trinajstić information content (AvgIpc) is 2.58. The molecule has 1 aromatic heterocycles. The third kappa shape index (κ3) is 2.49. The predicted molar refractivity (Wildman–Crippen MR) is 102 cm³/mol. The normalized spacial score (nSPS) is 11.4. The Morgan fingerprint density at radius 3 is 2.36 bits per heavy atom. The Hall–Kier alpha value is -2.74. The third-order valence-corrected chi connectivity index (χ3v) is 5.22. The van der Waals surface area contributed by atoms with E-state index in [0.29, 0.717) is 0 Å². The SMILES string of the molecule is Cc1cc(C)c(C)c(-c2ccc3c4cc(F)ccc4ccc3[n+]2C)c1. The van der Waals surface area contributed by atoms with Crippen molar-refractivity contribution in [2.75, 3.05) is 0 Å². The lowest BCUT2D eigenvalue weighted by molar-refractivity contribution is -0.633. The van der Waals surface area contributed by atoms with Crippen molar-refractivity contribution in [2.45, 2.75) is 20.8 Å². The van der Waals surface area contributed by atoms with Gasteiger partial charge in [0.2, 0.25) is 11.2 Å². The van der Waals surface area contributed by atoms with E-state index in [1.54, 1.807) is 6.07 Å². The summed E-state index contributed by atoms with van der Waals surface area (Å²) < 4.78 is 16.0. The van der Waals surface area contributed by atoms with Gasteiger partial charge in [-0.1, -0.05) is 17.7 Å². The molecule has 0 aliphatic heterocycles. The molecule has 0 aliphatic rings. The van der Waals surface area contributed by atoms with Crippen LogP contribution < -0.4 is 4.57 Å². The van der Waals surface area contributed by atoms with Gasteiger partial charge in [0.15, 0.2) is 0 Å². The fourth-order valence-electron chi connectivity index (χ4n) is 3.75. The molecular weight excluding hydrogens is 309 g/mol. The first-order valence-electron chi connectivity index (χ1n) is 8.55. The summed E-state index contributed by atoms with van der Waals surface area (Å²) in [5.74, 6) is -0.197. The van der Waals surface area contributed by atoms with Crippen molar-refractivity contribution in [1.29, 1.82) is 0 Å². The second-order valence-electron chi connectivity index (χ2n) is 6.90. The fourth-order valence-corrected chi connectivity index (χ4v) is 3.75. The van der Waals surface area contributed by atoms with Crippen LogP contribution in [0.25, 0.3) is 32.9 Å². The molecule has 0 N–H and O–H groups in total. The van der Waals surface area contributed by atoms with Crippen LogP contribution in [-0.2, 0) is 7.05 Å². The molecule has 1 nitrogen and oxygen atoms in total. The first-order chi connectivity index (χ1) is 12.0. The molecule has 0 atom stereocenters. The van der Waals surface area contributed by atoms with Crippen molar-refractivity contribution in [1.82, 2.24) is 0 Å². The van der Waals surface area contributed by atoms with Gasteiger partial charge in [0.1, 0.15) is 12.9 Å². The summed E-state index contributed by atoms with van der Waals surface area (Å²) in [6.45, 7) is 6.46. The molecule has 1 heterocycles. The fraction of sp³-hybridized carbons (Fsp3) is 0.174. The van der Waals surface area contributed by atoms with E-state index in [1.807, 2.05) is 6.07 Å². The molecule has 0 spiro atoms. The maximum absolute atomic E-state index is 13.7. The van der Waals surface area contributed by atoms with Gasteiger partial charge < -0.3 is 0 Å². The zero-order chi connectivity index (χ0) is 17.7. The first kappa shape index (κ1) is 15.8. The van der Waals surface area contributed by atoms with Crippen LogP contribution in [0.3, 0.4) is 0 Å². The number of fused-ring (bicyclic) bond motifs is 3. The van der Waals surface area contributed by atoms with Crippen LogP contribution in [0.2, 0.25) is 0 Å². The number of hydrogen-bond donors (Lipinski definition) is 0. The summed E-state index contributed by atoms with van der Waals surface area (Å²) in [7, 11) is 2.08. The van der Waals surface area contributed by atoms with Gasteiger partial charge in [-0.3, -0.25) is 0 Å². The zero-order valence-corrected chi connectivity index (χ0v) is 15.0. The largest absolute Gasteiger partial charge is 0.213 e. The van der Waals surface area contributed by atoms with E-state index in [9.17, 15) is 4.39 Å². The summed E-state index contributed by atoms with van der Waals surface area (Å²) in [6.07, 6.45) is 0. The highest BCUT2D eigenvalue weighted by Crippen LogP contribution is 2.29. The Kier molecular flexibility index (Phi) is 3.57. The summed E-state index contributed by atoms with van der Waals surface area (Å²) >= 11 is 0. The molecule has 2 heteroatoms. The lowest BCUT2D eigenvalue weighted by atomic mass is 9.96. The van der Waals surface area contributed by atoms with E-state index in [1.165, 1.54) is 34.0 Å². The third-order valence-electron chi connectivity index (χ3n) is 5.22. The van der Waals surface area contributed by atoms with Gasteiger partial charge in [0, 0.05) is 17.7 Å². The molecular formula is C23H21FN+. The number of halogens is 1. The topological polar surface area (TPSA) is 3.88 Å². The summed E-state index contributed by atoms with van der Waals surface area (Å²) in [4.78, 5) is 0. The maximum atomic E-state index is 13.7. The average molecular weight is 330 g/mol. The van der Waals surface area contributed by atoms with Crippen LogP contribution in [0.15, 0.2) is 54.6 Å². The number of aryl methyl sites for hydroxylation is 3. The van der Waals surface area contributed by atoms with Crippen molar-refractivity contribution < 1.29 is 8.96 Å². The van der Waals surface area contributed by atoms with Gasteiger partial charge in [-0.2, -0.15) is 4.57 Å². The Morgan fingerprint density at radius 1 is 0.800 bits per heavy atom. The highest BCUT2D eigenvalue weighted by molar-refractivity contribution is 6.05. The summed E-state index contributed by atoms with van der Waals surface area (Å²) in [5.41, 5.74) is 7.39. The molecule has 124 valence electrons. The van der Waals surface area contributed by atoms with Crippen LogP contribution >= 0.6 is 0 Å². The molecule has 4 rings (SSSR count). The van der Waals surface area contributed by atoms with Gasteiger partial charge in [-0.25, -0.2) is 4.39 Å². The van der Waals surface area contributed by atoms with Gasteiger partial charge in [-0.05, 0) is 73.0 Å². The number of hydrogen-bond acceptors (Lipinski definition) is 0. The number of aromatic nitrogens is 1. The molecule has 0 bridgehead atoms. The molecule has 25 heavy (non-hydrogen) atoms. The number of benzene rings is 3. The molecule has 0 saturated carbocycles. The molecule has 0 amide bonds. The molecule has 0 radical (unpaired) electrons.